The Morgan fingerprint density at radius 1 is 0.636 bits per heavy atom. The molecular formula is C20H19ClSi. The van der Waals surface area contributed by atoms with Crippen LogP contribution in [0.2, 0.25) is 5.02 Å². The molecule has 0 radical (unpaired) electrons. The van der Waals surface area contributed by atoms with E-state index in [1.807, 2.05) is 6.07 Å². The van der Waals surface area contributed by atoms with Crippen LogP contribution in [0.4, 0.5) is 0 Å². The van der Waals surface area contributed by atoms with E-state index in [0.717, 1.165) is 20.8 Å². The van der Waals surface area contributed by atoms with E-state index in [1.165, 1.54) is 33.0 Å². The van der Waals surface area contributed by atoms with Crippen molar-refractivity contribution < 1.29 is 0 Å². The molecule has 0 aliphatic carbocycles. The average molecular weight is 323 g/mol. The standard InChI is InChI=1S/C20H19ClSi/c1-13-3-7-15(8-4-13)19-17(21)11-12-18(22)20(19)16-9-5-14(2)6-10-16/h3-12H,1-2,22H3. The van der Waals surface area contributed by atoms with Crippen molar-refractivity contribution in [1.82, 2.24) is 0 Å². The van der Waals surface area contributed by atoms with E-state index < -0.39 is 0 Å². The van der Waals surface area contributed by atoms with Gasteiger partial charge in [0.1, 0.15) is 0 Å². The summed E-state index contributed by atoms with van der Waals surface area (Å²) in [6.45, 7) is 4.22. The van der Waals surface area contributed by atoms with Crippen LogP contribution >= 0.6 is 11.6 Å². The molecule has 0 spiro atoms. The van der Waals surface area contributed by atoms with Crippen LogP contribution in [0.1, 0.15) is 11.1 Å². The van der Waals surface area contributed by atoms with Gasteiger partial charge in [-0.25, -0.2) is 0 Å². The van der Waals surface area contributed by atoms with Crippen molar-refractivity contribution in [3.05, 3.63) is 76.8 Å². The zero-order valence-electron chi connectivity index (χ0n) is 13.2. The minimum Gasteiger partial charge on any atom is -0.0836 e. The van der Waals surface area contributed by atoms with Crippen LogP contribution in [0, 0.1) is 13.8 Å². The summed E-state index contributed by atoms with van der Waals surface area (Å²) in [5.41, 5.74) is 7.40. The Kier molecular flexibility index (Phi) is 4.19. The molecule has 0 aromatic heterocycles. The minimum absolute atomic E-state index is 0.819. The average Bonchev–Trinajstić information content (AvgIpc) is 2.51. The summed E-state index contributed by atoms with van der Waals surface area (Å²) in [5, 5.41) is 2.20. The van der Waals surface area contributed by atoms with E-state index in [-0.39, 0.29) is 0 Å². The lowest BCUT2D eigenvalue weighted by Crippen LogP contribution is -2.08. The van der Waals surface area contributed by atoms with Crippen molar-refractivity contribution in [1.29, 1.82) is 0 Å². The Balaban J connectivity index is 2.27. The van der Waals surface area contributed by atoms with Gasteiger partial charge in [0.2, 0.25) is 0 Å². The molecule has 0 amide bonds. The Morgan fingerprint density at radius 3 is 1.59 bits per heavy atom. The van der Waals surface area contributed by atoms with Gasteiger partial charge in [-0.2, -0.15) is 0 Å². The number of hydrogen-bond acceptors (Lipinski definition) is 0. The molecule has 22 heavy (non-hydrogen) atoms. The molecule has 110 valence electrons. The first-order chi connectivity index (χ1) is 10.6. The number of benzene rings is 3. The fraction of sp³-hybridized carbons (Fsp3) is 0.100. The first-order valence-electron chi connectivity index (χ1n) is 7.49. The largest absolute Gasteiger partial charge is 0.0836 e. The van der Waals surface area contributed by atoms with E-state index in [0.29, 0.717) is 0 Å². The summed E-state index contributed by atoms with van der Waals surface area (Å²) in [6, 6.07) is 21.5. The summed E-state index contributed by atoms with van der Waals surface area (Å²) in [5.74, 6) is 0. The van der Waals surface area contributed by atoms with Gasteiger partial charge in [0.05, 0.1) is 0 Å². The number of halogens is 1. The van der Waals surface area contributed by atoms with Crippen molar-refractivity contribution in [2.45, 2.75) is 13.8 Å². The Bertz CT molecular complexity index is 732. The second-order valence-electron chi connectivity index (χ2n) is 5.85. The zero-order chi connectivity index (χ0) is 15.7. The third-order valence-electron chi connectivity index (χ3n) is 4.04. The zero-order valence-corrected chi connectivity index (χ0v) is 15.9. The van der Waals surface area contributed by atoms with Crippen molar-refractivity contribution >= 4 is 27.0 Å². The van der Waals surface area contributed by atoms with Gasteiger partial charge in [-0.1, -0.05) is 82.5 Å². The van der Waals surface area contributed by atoms with Gasteiger partial charge in [0.25, 0.3) is 0 Å². The van der Waals surface area contributed by atoms with Crippen LogP contribution in [0.3, 0.4) is 0 Å². The van der Waals surface area contributed by atoms with Gasteiger partial charge in [0.15, 0.2) is 0 Å². The fourth-order valence-corrected chi connectivity index (χ4v) is 3.75. The van der Waals surface area contributed by atoms with E-state index >= 15 is 0 Å². The lowest BCUT2D eigenvalue weighted by Gasteiger charge is -2.16. The molecule has 0 aliphatic rings. The number of aryl methyl sites for hydroxylation is 2. The maximum absolute atomic E-state index is 6.57. The summed E-state index contributed by atoms with van der Waals surface area (Å²) >= 11 is 6.57. The quantitative estimate of drug-likeness (QED) is 0.618. The Labute approximate surface area is 140 Å². The first kappa shape index (κ1) is 15.1. The molecule has 0 fully saturated rings. The monoisotopic (exact) mass is 322 g/mol. The SMILES string of the molecule is Cc1ccc(-c2c([SiH3])ccc(Cl)c2-c2ccc(C)cc2)cc1. The van der Waals surface area contributed by atoms with Crippen LogP contribution in [0.25, 0.3) is 22.3 Å². The van der Waals surface area contributed by atoms with Crippen LogP contribution in [-0.4, -0.2) is 10.2 Å². The van der Waals surface area contributed by atoms with Crippen molar-refractivity contribution in [3.63, 3.8) is 0 Å². The second-order valence-corrected chi connectivity index (χ2v) is 7.33. The molecule has 3 aromatic rings. The van der Waals surface area contributed by atoms with Crippen molar-refractivity contribution in [2.75, 3.05) is 0 Å². The maximum atomic E-state index is 6.57. The van der Waals surface area contributed by atoms with Gasteiger partial charge in [-0.05, 0) is 36.6 Å². The molecule has 0 atom stereocenters. The second kappa shape index (κ2) is 6.11. The van der Waals surface area contributed by atoms with Crippen LogP contribution < -0.4 is 5.19 Å². The lowest BCUT2D eigenvalue weighted by molar-refractivity contribution is 1.46. The topological polar surface area (TPSA) is 0 Å². The summed E-state index contributed by atoms with van der Waals surface area (Å²) in [7, 11) is 0.996. The molecule has 0 aliphatic heterocycles. The van der Waals surface area contributed by atoms with Crippen molar-refractivity contribution in [2.24, 2.45) is 0 Å². The lowest BCUT2D eigenvalue weighted by atomic mass is 9.93. The Morgan fingerprint density at radius 2 is 1.09 bits per heavy atom. The van der Waals surface area contributed by atoms with Gasteiger partial charge in [0, 0.05) is 20.8 Å². The molecule has 3 aromatic carbocycles. The highest BCUT2D eigenvalue weighted by atomic mass is 35.5. The van der Waals surface area contributed by atoms with Crippen molar-refractivity contribution in [3.8, 4) is 22.3 Å². The van der Waals surface area contributed by atoms with Crippen LogP contribution in [-0.2, 0) is 0 Å². The normalized spacial score (nSPS) is 10.9. The molecule has 0 heterocycles. The molecule has 0 N–H and O–H groups in total. The predicted octanol–water partition coefficient (Wildman–Crippen LogP) is 4.28. The molecular weight excluding hydrogens is 304 g/mol. The van der Waals surface area contributed by atoms with E-state index in [9.17, 15) is 0 Å². The smallest absolute Gasteiger partial charge is 0.0490 e. The van der Waals surface area contributed by atoms with Crippen LogP contribution in [0.15, 0.2) is 60.7 Å². The maximum Gasteiger partial charge on any atom is 0.0490 e. The fourth-order valence-electron chi connectivity index (χ4n) is 2.78. The van der Waals surface area contributed by atoms with Gasteiger partial charge in [-0.3, -0.25) is 0 Å². The minimum atomic E-state index is 0.819. The molecule has 0 saturated heterocycles. The summed E-state index contributed by atoms with van der Waals surface area (Å²) in [4.78, 5) is 0. The highest BCUT2D eigenvalue weighted by molar-refractivity contribution is 6.40. The van der Waals surface area contributed by atoms with Crippen LogP contribution in [0.5, 0.6) is 0 Å². The molecule has 0 saturated carbocycles. The molecule has 0 bridgehead atoms. The third kappa shape index (κ3) is 2.87. The molecule has 3 rings (SSSR count). The Hall–Kier alpha value is -1.83. The first-order valence-corrected chi connectivity index (χ1v) is 8.87. The summed E-state index contributed by atoms with van der Waals surface area (Å²) in [6.07, 6.45) is 0. The highest BCUT2D eigenvalue weighted by Crippen LogP contribution is 2.36. The molecule has 2 heteroatoms. The summed E-state index contributed by atoms with van der Waals surface area (Å²) < 4.78 is 0. The van der Waals surface area contributed by atoms with E-state index in [1.54, 1.807) is 0 Å². The highest BCUT2D eigenvalue weighted by Gasteiger charge is 2.13. The van der Waals surface area contributed by atoms with E-state index in [4.69, 9.17) is 11.6 Å². The van der Waals surface area contributed by atoms with Gasteiger partial charge < -0.3 is 0 Å². The van der Waals surface area contributed by atoms with Gasteiger partial charge >= 0.3 is 0 Å². The third-order valence-corrected chi connectivity index (χ3v) is 5.19. The molecule has 0 unspecified atom stereocenters. The van der Waals surface area contributed by atoms with Gasteiger partial charge in [-0.15, -0.1) is 0 Å². The number of hydrogen-bond donors (Lipinski definition) is 0. The number of rotatable bonds is 2. The van der Waals surface area contributed by atoms with E-state index in [2.05, 4.69) is 68.4 Å². The predicted molar refractivity (Wildman–Crippen MR) is 101 cm³/mol. The molecule has 0 nitrogen and oxygen atoms in total.